The normalized spacial score (nSPS) is 13.4. The first kappa shape index (κ1) is 15.7. The Bertz CT molecular complexity index is 1110. The lowest BCUT2D eigenvalue weighted by Gasteiger charge is -2.09. The van der Waals surface area contributed by atoms with E-state index in [0.29, 0.717) is 6.54 Å². The van der Waals surface area contributed by atoms with Crippen LogP contribution in [-0.2, 0) is 12.8 Å². The quantitative estimate of drug-likeness (QED) is 0.578. The van der Waals surface area contributed by atoms with Crippen molar-refractivity contribution < 1.29 is 5.11 Å². The molecule has 0 spiro atoms. The minimum Gasteiger partial charge on any atom is -0.395 e. The Morgan fingerprint density at radius 3 is 2.77 bits per heavy atom. The van der Waals surface area contributed by atoms with Crippen molar-refractivity contribution in [2.45, 2.75) is 19.3 Å². The fraction of sp³-hybridized carbons (Fsp3) is 0.250. The first-order chi connectivity index (χ1) is 12.9. The third kappa shape index (κ3) is 2.37. The number of anilines is 1. The Morgan fingerprint density at radius 2 is 1.92 bits per heavy atom. The third-order valence-corrected chi connectivity index (χ3v) is 6.00. The van der Waals surface area contributed by atoms with Crippen LogP contribution in [0.1, 0.15) is 17.5 Å². The second-order valence-corrected chi connectivity index (χ2v) is 7.47. The summed E-state index contributed by atoms with van der Waals surface area (Å²) in [5.41, 5.74) is 6.02. The predicted octanol–water partition coefficient (Wildman–Crippen LogP) is 3.80. The number of fused-ring (bicyclic) bond motifs is 5. The summed E-state index contributed by atoms with van der Waals surface area (Å²) in [6, 6.07) is 10.4. The molecule has 0 fully saturated rings. The molecular formula is C20H18N4OS. The van der Waals surface area contributed by atoms with Crippen molar-refractivity contribution in [3.8, 4) is 11.3 Å². The van der Waals surface area contributed by atoms with Gasteiger partial charge in [0.1, 0.15) is 17.0 Å². The molecule has 0 aliphatic heterocycles. The second-order valence-electron chi connectivity index (χ2n) is 6.47. The maximum atomic E-state index is 9.11. The minimum absolute atomic E-state index is 0.0716. The van der Waals surface area contributed by atoms with E-state index in [-0.39, 0.29) is 6.61 Å². The van der Waals surface area contributed by atoms with E-state index in [1.165, 1.54) is 22.1 Å². The van der Waals surface area contributed by atoms with Gasteiger partial charge < -0.3 is 10.4 Å². The van der Waals surface area contributed by atoms with Gasteiger partial charge in [0.25, 0.3) is 0 Å². The molecule has 5 nitrogen and oxygen atoms in total. The SMILES string of the molecule is OCCNc1ncnc2c1sc1nc(-c3ccccc3)c3c(c12)CCC3. The van der Waals surface area contributed by atoms with Crippen LogP contribution in [0.25, 0.3) is 31.7 Å². The first-order valence-corrected chi connectivity index (χ1v) is 9.67. The molecule has 2 N–H and O–H groups in total. The maximum absolute atomic E-state index is 9.11. The van der Waals surface area contributed by atoms with Gasteiger partial charge >= 0.3 is 0 Å². The van der Waals surface area contributed by atoms with E-state index >= 15 is 0 Å². The van der Waals surface area contributed by atoms with Gasteiger partial charge in [-0.15, -0.1) is 11.3 Å². The molecule has 26 heavy (non-hydrogen) atoms. The molecule has 1 aliphatic carbocycles. The lowest BCUT2D eigenvalue weighted by Crippen LogP contribution is -2.06. The number of aliphatic hydroxyl groups is 1. The molecule has 0 radical (unpaired) electrons. The number of nitrogens with one attached hydrogen (secondary N) is 1. The average Bonchev–Trinajstić information content (AvgIpc) is 3.30. The van der Waals surface area contributed by atoms with Gasteiger partial charge in [-0.25, -0.2) is 15.0 Å². The van der Waals surface area contributed by atoms with E-state index in [1.54, 1.807) is 17.7 Å². The largest absolute Gasteiger partial charge is 0.395 e. The van der Waals surface area contributed by atoms with E-state index in [9.17, 15) is 0 Å². The van der Waals surface area contributed by atoms with Gasteiger partial charge in [-0.1, -0.05) is 30.3 Å². The fourth-order valence-electron chi connectivity index (χ4n) is 3.83. The minimum atomic E-state index is 0.0716. The van der Waals surface area contributed by atoms with Crippen LogP contribution < -0.4 is 5.32 Å². The van der Waals surface area contributed by atoms with Crippen molar-refractivity contribution in [3.63, 3.8) is 0 Å². The average molecular weight is 362 g/mol. The van der Waals surface area contributed by atoms with Crippen LogP contribution in [-0.4, -0.2) is 33.2 Å². The summed E-state index contributed by atoms with van der Waals surface area (Å²) in [5, 5.41) is 13.5. The third-order valence-electron chi connectivity index (χ3n) is 4.92. The van der Waals surface area contributed by atoms with Crippen molar-refractivity contribution in [3.05, 3.63) is 47.8 Å². The second kappa shape index (κ2) is 6.30. The number of rotatable bonds is 4. The Kier molecular flexibility index (Phi) is 3.80. The number of nitrogens with zero attached hydrogens (tertiary/aromatic N) is 3. The number of thiophene rings is 1. The van der Waals surface area contributed by atoms with E-state index in [0.717, 1.165) is 45.8 Å². The molecule has 1 aliphatic rings. The molecule has 0 atom stereocenters. The lowest BCUT2D eigenvalue weighted by molar-refractivity contribution is 0.311. The number of hydrogen-bond acceptors (Lipinski definition) is 6. The maximum Gasteiger partial charge on any atom is 0.147 e. The number of hydrogen-bond donors (Lipinski definition) is 2. The van der Waals surface area contributed by atoms with E-state index in [1.807, 2.05) is 6.07 Å². The molecule has 0 unspecified atom stereocenters. The summed E-state index contributed by atoms with van der Waals surface area (Å²) in [6.45, 7) is 0.545. The van der Waals surface area contributed by atoms with Gasteiger partial charge in [0.2, 0.25) is 0 Å². The highest BCUT2D eigenvalue weighted by atomic mass is 32.1. The van der Waals surface area contributed by atoms with E-state index in [4.69, 9.17) is 10.1 Å². The van der Waals surface area contributed by atoms with Crippen molar-refractivity contribution in [2.24, 2.45) is 0 Å². The van der Waals surface area contributed by atoms with Gasteiger partial charge in [0.05, 0.1) is 22.5 Å². The van der Waals surface area contributed by atoms with Gasteiger partial charge in [0.15, 0.2) is 0 Å². The van der Waals surface area contributed by atoms with Crippen molar-refractivity contribution in [2.75, 3.05) is 18.5 Å². The monoisotopic (exact) mass is 362 g/mol. The standard InChI is InChI=1S/C20H18N4OS/c25-10-9-21-19-18-17(22-11-23-19)15-13-7-4-8-14(13)16(24-20(15)26-18)12-5-2-1-3-6-12/h1-3,5-6,11,25H,4,7-10H2,(H,21,22,23). The van der Waals surface area contributed by atoms with Gasteiger partial charge in [-0.3, -0.25) is 0 Å². The highest BCUT2D eigenvalue weighted by Crippen LogP contribution is 2.43. The topological polar surface area (TPSA) is 70.9 Å². The van der Waals surface area contributed by atoms with Gasteiger partial charge in [-0.05, 0) is 30.4 Å². The molecule has 4 aromatic rings. The zero-order valence-electron chi connectivity index (χ0n) is 14.2. The molecule has 0 bridgehead atoms. The summed E-state index contributed by atoms with van der Waals surface area (Å²) < 4.78 is 1.02. The van der Waals surface area contributed by atoms with Crippen LogP contribution in [0.4, 0.5) is 5.82 Å². The highest BCUT2D eigenvalue weighted by molar-refractivity contribution is 7.26. The predicted molar refractivity (Wildman–Crippen MR) is 106 cm³/mol. The number of benzene rings is 1. The fourth-order valence-corrected chi connectivity index (χ4v) is 4.96. The Hall–Kier alpha value is -2.57. The molecular weight excluding hydrogens is 344 g/mol. The van der Waals surface area contributed by atoms with Crippen LogP contribution in [0.3, 0.4) is 0 Å². The zero-order valence-corrected chi connectivity index (χ0v) is 15.0. The molecule has 0 saturated heterocycles. The van der Waals surface area contributed by atoms with E-state index in [2.05, 4.69) is 39.6 Å². The molecule has 130 valence electrons. The number of aliphatic hydroxyl groups excluding tert-OH is 1. The molecule has 1 aromatic carbocycles. The molecule has 3 heterocycles. The van der Waals surface area contributed by atoms with E-state index < -0.39 is 0 Å². The van der Waals surface area contributed by atoms with Gasteiger partial charge in [-0.2, -0.15) is 0 Å². The number of aromatic nitrogens is 3. The van der Waals surface area contributed by atoms with Crippen LogP contribution >= 0.6 is 11.3 Å². The van der Waals surface area contributed by atoms with Crippen molar-refractivity contribution in [1.29, 1.82) is 0 Å². The lowest BCUT2D eigenvalue weighted by atomic mass is 10.0. The summed E-state index contributed by atoms with van der Waals surface area (Å²) in [6.07, 6.45) is 4.90. The Labute approximate surface area is 154 Å². The smallest absolute Gasteiger partial charge is 0.147 e. The Morgan fingerprint density at radius 1 is 1.08 bits per heavy atom. The van der Waals surface area contributed by atoms with Crippen LogP contribution in [0.5, 0.6) is 0 Å². The summed E-state index contributed by atoms with van der Waals surface area (Å²) in [5.74, 6) is 0.778. The molecule has 0 saturated carbocycles. The summed E-state index contributed by atoms with van der Waals surface area (Å²) in [4.78, 5) is 15.0. The summed E-state index contributed by atoms with van der Waals surface area (Å²) in [7, 11) is 0. The van der Waals surface area contributed by atoms with Crippen LogP contribution in [0.2, 0.25) is 0 Å². The van der Waals surface area contributed by atoms with Crippen LogP contribution in [0, 0.1) is 0 Å². The van der Waals surface area contributed by atoms with Crippen molar-refractivity contribution in [1.82, 2.24) is 15.0 Å². The molecule has 0 amide bonds. The molecule has 3 aromatic heterocycles. The number of pyridine rings is 1. The molecule has 5 rings (SSSR count). The van der Waals surface area contributed by atoms with Gasteiger partial charge in [0, 0.05) is 17.5 Å². The zero-order chi connectivity index (χ0) is 17.5. The first-order valence-electron chi connectivity index (χ1n) is 8.86. The van der Waals surface area contributed by atoms with Crippen molar-refractivity contribution >= 4 is 37.6 Å². The highest BCUT2D eigenvalue weighted by Gasteiger charge is 2.24. The number of aryl methyl sites for hydroxylation is 1. The summed E-state index contributed by atoms with van der Waals surface area (Å²) >= 11 is 1.63. The Balaban J connectivity index is 1.80. The van der Waals surface area contributed by atoms with Crippen LogP contribution in [0.15, 0.2) is 36.7 Å². The molecule has 6 heteroatoms.